The second-order valence-corrected chi connectivity index (χ2v) is 5.09. The van der Waals surface area contributed by atoms with Gasteiger partial charge in [0.2, 0.25) is 0 Å². The van der Waals surface area contributed by atoms with E-state index in [0.717, 1.165) is 17.5 Å². The lowest BCUT2D eigenvalue weighted by molar-refractivity contribution is 0.0797. The Kier molecular flexibility index (Phi) is 4.05. The van der Waals surface area contributed by atoms with E-state index in [4.69, 9.17) is 0 Å². The highest BCUT2D eigenvalue weighted by Crippen LogP contribution is 2.12. The molecule has 0 atom stereocenters. The second-order valence-electron chi connectivity index (χ2n) is 5.09. The summed E-state index contributed by atoms with van der Waals surface area (Å²) in [5.74, 6) is -0.0124. The molecule has 1 amide bonds. The second kappa shape index (κ2) is 6.30. The molecule has 3 rings (SSSR count). The van der Waals surface area contributed by atoms with E-state index >= 15 is 0 Å². The highest BCUT2D eigenvalue weighted by molar-refractivity contribution is 5.97. The molecule has 1 aromatic carbocycles. The number of pyridine rings is 1. The molecule has 2 heterocycles. The molecule has 0 aliphatic heterocycles. The van der Waals surface area contributed by atoms with Gasteiger partial charge in [-0.25, -0.2) is 0 Å². The van der Waals surface area contributed by atoms with Crippen molar-refractivity contribution in [2.24, 2.45) is 0 Å². The normalized spacial score (nSPS) is 10.6. The lowest BCUT2D eigenvalue weighted by Gasteiger charge is -2.17. The van der Waals surface area contributed by atoms with Gasteiger partial charge in [0, 0.05) is 43.9 Å². The van der Waals surface area contributed by atoms with Gasteiger partial charge < -0.3 is 4.90 Å². The number of amides is 1. The van der Waals surface area contributed by atoms with Crippen LogP contribution in [0.15, 0.2) is 55.1 Å². The van der Waals surface area contributed by atoms with Crippen molar-refractivity contribution >= 4 is 16.9 Å². The zero-order chi connectivity index (χ0) is 15.4. The van der Waals surface area contributed by atoms with Crippen LogP contribution in [0.5, 0.6) is 0 Å². The first-order chi connectivity index (χ1) is 10.7. The van der Waals surface area contributed by atoms with Gasteiger partial charge in [-0.3, -0.25) is 19.7 Å². The molecule has 0 unspecified atom stereocenters. The van der Waals surface area contributed by atoms with E-state index < -0.39 is 0 Å². The van der Waals surface area contributed by atoms with Gasteiger partial charge in [0.25, 0.3) is 5.91 Å². The molecule has 0 radical (unpaired) electrons. The highest BCUT2D eigenvalue weighted by atomic mass is 16.2. The first-order valence-electron chi connectivity index (χ1n) is 7.09. The molecule has 22 heavy (non-hydrogen) atoms. The number of hydrogen-bond acceptors (Lipinski definition) is 4. The Hall–Kier alpha value is -2.82. The monoisotopic (exact) mass is 292 g/mol. The number of carbonyl (C=O) groups excluding carboxylic acids is 1. The molecule has 0 saturated heterocycles. The minimum absolute atomic E-state index is 0.0124. The van der Waals surface area contributed by atoms with Crippen LogP contribution in [-0.4, -0.2) is 39.4 Å². The van der Waals surface area contributed by atoms with Gasteiger partial charge in [-0.2, -0.15) is 0 Å². The van der Waals surface area contributed by atoms with E-state index in [1.165, 1.54) is 5.56 Å². The molecule has 0 bridgehead atoms. The van der Waals surface area contributed by atoms with Gasteiger partial charge in [0.1, 0.15) is 0 Å². The van der Waals surface area contributed by atoms with E-state index in [0.29, 0.717) is 12.1 Å². The molecule has 3 aromatic rings. The van der Waals surface area contributed by atoms with Crippen molar-refractivity contribution in [3.8, 4) is 0 Å². The van der Waals surface area contributed by atoms with Crippen LogP contribution in [0.2, 0.25) is 0 Å². The number of likely N-dealkylation sites (N-methyl/N-ethyl adjacent to an activating group) is 1. The summed E-state index contributed by atoms with van der Waals surface area (Å²) in [5, 5.41) is 0. The summed E-state index contributed by atoms with van der Waals surface area (Å²) < 4.78 is 0. The van der Waals surface area contributed by atoms with Crippen LogP contribution >= 0.6 is 0 Å². The van der Waals surface area contributed by atoms with Crippen LogP contribution in [-0.2, 0) is 6.42 Å². The molecule has 0 spiro atoms. The maximum absolute atomic E-state index is 12.5. The van der Waals surface area contributed by atoms with Crippen molar-refractivity contribution in [2.75, 3.05) is 13.6 Å². The predicted octanol–water partition coefficient (Wildman–Crippen LogP) is 2.34. The smallest absolute Gasteiger partial charge is 0.253 e. The molecule has 0 aliphatic rings. The van der Waals surface area contributed by atoms with Gasteiger partial charge in [-0.15, -0.1) is 0 Å². The third-order valence-electron chi connectivity index (χ3n) is 3.55. The molecule has 110 valence electrons. The third-order valence-corrected chi connectivity index (χ3v) is 3.55. The number of rotatable bonds is 4. The van der Waals surface area contributed by atoms with Crippen LogP contribution in [0.4, 0.5) is 0 Å². The Bertz CT molecular complexity index is 789. The molecular formula is C17H16N4O. The average molecular weight is 292 g/mol. The zero-order valence-corrected chi connectivity index (χ0v) is 12.3. The Balaban J connectivity index is 1.71. The van der Waals surface area contributed by atoms with Crippen molar-refractivity contribution in [1.82, 2.24) is 19.9 Å². The van der Waals surface area contributed by atoms with Gasteiger partial charge in [-0.05, 0) is 42.3 Å². The number of aromatic nitrogens is 3. The minimum Gasteiger partial charge on any atom is -0.341 e. The molecule has 5 nitrogen and oxygen atoms in total. The quantitative estimate of drug-likeness (QED) is 0.740. The van der Waals surface area contributed by atoms with Crippen molar-refractivity contribution in [2.45, 2.75) is 6.42 Å². The van der Waals surface area contributed by atoms with Crippen LogP contribution in [0, 0.1) is 0 Å². The van der Waals surface area contributed by atoms with Crippen molar-refractivity contribution in [3.05, 3.63) is 66.2 Å². The summed E-state index contributed by atoms with van der Waals surface area (Å²) in [7, 11) is 1.81. The van der Waals surface area contributed by atoms with E-state index in [-0.39, 0.29) is 5.91 Å². The van der Waals surface area contributed by atoms with Crippen molar-refractivity contribution in [1.29, 1.82) is 0 Å². The summed E-state index contributed by atoms with van der Waals surface area (Å²) in [6.45, 7) is 0.654. The summed E-state index contributed by atoms with van der Waals surface area (Å²) in [5.41, 5.74) is 3.32. The van der Waals surface area contributed by atoms with Crippen LogP contribution in [0.3, 0.4) is 0 Å². The van der Waals surface area contributed by atoms with E-state index in [2.05, 4.69) is 15.0 Å². The topological polar surface area (TPSA) is 59.0 Å². The van der Waals surface area contributed by atoms with Crippen LogP contribution in [0.1, 0.15) is 15.9 Å². The molecule has 0 fully saturated rings. The van der Waals surface area contributed by atoms with Crippen LogP contribution in [0.25, 0.3) is 11.0 Å². The summed E-state index contributed by atoms with van der Waals surface area (Å²) in [6, 6.07) is 9.33. The van der Waals surface area contributed by atoms with E-state index in [9.17, 15) is 4.79 Å². The molecular weight excluding hydrogens is 276 g/mol. The van der Waals surface area contributed by atoms with E-state index in [1.807, 2.05) is 25.2 Å². The van der Waals surface area contributed by atoms with Crippen molar-refractivity contribution in [3.63, 3.8) is 0 Å². The molecule has 0 saturated carbocycles. The summed E-state index contributed by atoms with van der Waals surface area (Å²) in [4.78, 5) is 26.6. The number of hydrogen-bond donors (Lipinski definition) is 0. The first-order valence-corrected chi connectivity index (χ1v) is 7.09. The van der Waals surface area contributed by atoms with Crippen LogP contribution < -0.4 is 0 Å². The van der Waals surface area contributed by atoms with Gasteiger partial charge in [0.15, 0.2) is 0 Å². The fourth-order valence-corrected chi connectivity index (χ4v) is 2.26. The fourth-order valence-electron chi connectivity index (χ4n) is 2.26. The summed E-state index contributed by atoms with van der Waals surface area (Å²) >= 11 is 0. The Labute approximate surface area is 128 Å². The summed E-state index contributed by atoms with van der Waals surface area (Å²) in [6.07, 6.45) is 7.60. The van der Waals surface area contributed by atoms with Crippen molar-refractivity contribution < 1.29 is 4.79 Å². The standard InChI is InChI=1S/C17H16N4O/c1-21(11-6-13-4-7-18-8-5-13)17(22)14-2-3-15-16(12-14)20-10-9-19-15/h2-5,7-10,12H,6,11H2,1H3. The fraction of sp³-hybridized carbons (Fsp3) is 0.176. The average Bonchev–Trinajstić information content (AvgIpc) is 2.59. The number of carbonyl (C=O) groups is 1. The van der Waals surface area contributed by atoms with Gasteiger partial charge in [0.05, 0.1) is 11.0 Å². The number of benzene rings is 1. The Morgan fingerprint density at radius 1 is 1.00 bits per heavy atom. The van der Waals surface area contributed by atoms with Gasteiger partial charge >= 0.3 is 0 Å². The molecule has 0 aliphatic carbocycles. The maximum Gasteiger partial charge on any atom is 0.253 e. The predicted molar refractivity (Wildman–Crippen MR) is 84.4 cm³/mol. The molecule has 0 N–H and O–H groups in total. The highest BCUT2D eigenvalue weighted by Gasteiger charge is 2.12. The Morgan fingerprint density at radius 3 is 2.50 bits per heavy atom. The van der Waals surface area contributed by atoms with E-state index in [1.54, 1.807) is 41.8 Å². The number of fused-ring (bicyclic) bond motifs is 1. The minimum atomic E-state index is -0.0124. The largest absolute Gasteiger partial charge is 0.341 e. The third kappa shape index (κ3) is 3.09. The molecule has 2 aromatic heterocycles. The first kappa shape index (κ1) is 14.1. The molecule has 5 heteroatoms. The lowest BCUT2D eigenvalue weighted by Crippen LogP contribution is -2.28. The maximum atomic E-state index is 12.5. The zero-order valence-electron chi connectivity index (χ0n) is 12.3. The number of nitrogens with zero attached hydrogens (tertiary/aromatic N) is 4. The SMILES string of the molecule is CN(CCc1ccncc1)C(=O)c1ccc2nccnc2c1. The van der Waals surface area contributed by atoms with Gasteiger partial charge in [-0.1, -0.05) is 0 Å². The Morgan fingerprint density at radius 2 is 1.73 bits per heavy atom. The lowest BCUT2D eigenvalue weighted by atomic mass is 10.1.